The SMILES string of the molecule is CCCNCc1ccc(Cl)c(S(=O)(=O)N(C)CC2CC2)c1. The molecule has 0 aliphatic heterocycles. The minimum Gasteiger partial charge on any atom is -0.313 e. The molecule has 0 heterocycles. The van der Waals surface area contributed by atoms with Gasteiger partial charge >= 0.3 is 0 Å². The molecule has 1 aromatic carbocycles. The zero-order chi connectivity index (χ0) is 15.5. The van der Waals surface area contributed by atoms with Gasteiger partial charge in [0.2, 0.25) is 10.0 Å². The number of rotatable bonds is 8. The highest BCUT2D eigenvalue weighted by molar-refractivity contribution is 7.89. The van der Waals surface area contributed by atoms with Gasteiger partial charge in [0.1, 0.15) is 4.90 Å². The first-order valence-corrected chi connectivity index (χ1v) is 9.22. The monoisotopic (exact) mass is 330 g/mol. The highest BCUT2D eigenvalue weighted by Gasteiger charge is 2.30. The normalized spacial score (nSPS) is 15.6. The second-order valence-electron chi connectivity index (χ2n) is 5.67. The standard InChI is InChI=1S/C15H23ClN2O2S/c1-3-8-17-10-13-6-7-14(16)15(9-13)21(19,20)18(2)11-12-4-5-12/h6-7,9,12,17H,3-5,8,10-11H2,1-2H3. The fourth-order valence-corrected chi connectivity index (χ4v) is 3.96. The molecule has 0 amide bonds. The Kier molecular flexibility index (Phi) is 5.66. The van der Waals surface area contributed by atoms with E-state index in [4.69, 9.17) is 11.6 Å². The van der Waals surface area contributed by atoms with Crippen LogP contribution in [0.5, 0.6) is 0 Å². The molecule has 1 aliphatic carbocycles. The van der Waals surface area contributed by atoms with Gasteiger partial charge in [-0.2, -0.15) is 0 Å². The van der Waals surface area contributed by atoms with Gasteiger partial charge in [0.15, 0.2) is 0 Å². The summed E-state index contributed by atoms with van der Waals surface area (Å²) in [6, 6.07) is 5.22. The van der Waals surface area contributed by atoms with Crippen LogP contribution in [0.2, 0.25) is 5.02 Å². The maximum absolute atomic E-state index is 12.6. The number of benzene rings is 1. The van der Waals surface area contributed by atoms with Gasteiger partial charge in [-0.1, -0.05) is 24.6 Å². The molecule has 21 heavy (non-hydrogen) atoms. The molecule has 2 rings (SSSR count). The van der Waals surface area contributed by atoms with Crippen molar-refractivity contribution in [1.29, 1.82) is 0 Å². The molecule has 1 saturated carbocycles. The third kappa shape index (κ3) is 4.42. The number of hydrogen-bond donors (Lipinski definition) is 1. The fraction of sp³-hybridized carbons (Fsp3) is 0.600. The number of sulfonamides is 1. The molecule has 0 bridgehead atoms. The van der Waals surface area contributed by atoms with Crippen LogP contribution >= 0.6 is 11.6 Å². The Morgan fingerprint density at radius 2 is 2.10 bits per heavy atom. The van der Waals surface area contributed by atoms with Crippen LogP contribution in [0.4, 0.5) is 0 Å². The van der Waals surface area contributed by atoms with Crippen LogP contribution < -0.4 is 5.32 Å². The second-order valence-corrected chi connectivity index (χ2v) is 8.09. The second kappa shape index (κ2) is 7.09. The van der Waals surface area contributed by atoms with Crippen LogP contribution in [0.1, 0.15) is 31.7 Å². The zero-order valence-corrected chi connectivity index (χ0v) is 14.2. The lowest BCUT2D eigenvalue weighted by molar-refractivity contribution is 0.453. The Labute approximate surface area is 132 Å². The minimum atomic E-state index is -3.50. The Bertz CT molecular complexity index is 585. The molecule has 118 valence electrons. The van der Waals surface area contributed by atoms with Crippen molar-refractivity contribution >= 4 is 21.6 Å². The lowest BCUT2D eigenvalue weighted by Gasteiger charge is -2.18. The summed E-state index contributed by atoms with van der Waals surface area (Å²) >= 11 is 6.11. The molecule has 1 aliphatic rings. The maximum atomic E-state index is 12.6. The van der Waals surface area contributed by atoms with Crippen molar-refractivity contribution in [3.8, 4) is 0 Å². The van der Waals surface area contributed by atoms with Crippen molar-refractivity contribution in [1.82, 2.24) is 9.62 Å². The van der Waals surface area contributed by atoms with Crippen LogP contribution in [0.15, 0.2) is 23.1 Å². The van der Waals surface area contributed by atoms with Crippen molar-refractivity contribution < 1.29 is 8.42 Å². The molecule has 6 heteroatoms. The quantitative estimate of drug-likeness (QED) is 0.746. The molecule has 0 spiro atoms. The first-order chi connectivity index (χ1) is 9.95. The summed E-state index contributed by atoms with van der Waals surface area (Å²) in [6.45, 7) is 4.24. The van der Waals surface area contributed by atoms with E-state index in [0.717, 1.165) is 31.4 Å². The smallest absolute Gasteiger partial charge is 0.244 e. The van der Waals surface area contributed by atoms with Crippen LogP contribution in [-0.2, 0) is 16.6 Å². The predicted octanol–water partition coefficient (Wildman–Crippen LogP) is 2.87. The summed E-state index contributed by atoms with van der Waals surface area (Å²) in [5.74, 6) is 0.512. The average Bonchev–Trinajstić information content (AvgIpc) is 3.24. The van der Waals surface area contributed by atoms with Gasteiger partial charge in [0, 0.05) is 20.1 Å². The minimum absolute atomic E-state index is 0.211. The van der Waals surface area contributed by atoms with Crippen molar-refractivity contribution in [2.45, 2.75) is 37.6 Å². The van der Waals surface area contributed by atoms with E-state index in [0.29, 0.717) is 19.0 Å². The molecule has 0 saturated heterocycles. The van der Waals surface area contributed by atoms with Crippen LogP contribution in [0.25, 0.3) is 0 Å². The summed E-state index contributed by atoms with van der Waals surface area (Å²) in [5.41, 5.74) is 0.936. The van der Waals surface area contributed by atoms with E-state index in [1.807, 2.05) is 6.07 Å². The van der Waals surface area contributed by atoms with E-state index in [-0.39, 0.29) is 9.92 Å². The Balaban J connectivity index is 2.17. The highest BCUT2D eigenvalue weighted by Crippen LogP contribution is 2.32. The van der Waals surface area contributed by atoms with E-state index in [2.05, 4.69) is 12.2 Å². The lowest BCUT2D eigenvalue weighted by atomic mass is 10.2. The Morgan fingerprint density at radius 3 is 2.71 bits per heavy atom. The van der Waals surface area contributed by atoms with Gasteiger partial charge in [-0.3, -0.25) is 0 Å². The van der Waals surface area contributed by atoms with Gasteiger partial charge in [0.25, 0.3) is 0 Å². The Morgan fingerprint density at radius 1 is 1.38 bits per heavy atom. The first-order valence-electron chi connectivity index (χ1n) is 7.40. The molecule has 1 fully saturated rings. The van der Waals surface area contributed by atoms with Gasteiger partial charge in [-0.05, 0) is 49.4 Å². The number of nitrogens with zero attached hydrogens (tertiary/aromatic N) is 1. The number of nitrogens with one attached hydrogen (secondary N) is 1. The molecule has 4 nitrogen and oxygen atoms in total. The third-order valence-electron chi connectivity index (χ3n) is 3.65. The number of hydrogen-bond acceptors (Lipinski definition) is 3. The largest absolute Gasteiger partial charge is 0.313 e. The van der Waals surface area contributed by atoms with Gasteiger partial charge in [0.05, 0.1) is 5.02 Å². The van der Waals surface area contributed by atoms with Gasteiger partial charge < -0.3 is 5.32 Å². The first kappa shape index (κ1) is 16.7. The summed E-state index contributed by atoms with van der Waals surface area (Å²) in [7, 11) is -1.87. The number of halogens is 1. The maximum Gasteiger partial charge on any atom is 0.244 e. The zero-order valence-electron chi connectivity index (χ0n) is 12.6. The van der Waals surface area contributed by atoms with E-state index in [1.165, 1.54) is 4.31 Å². The van der Waals surface area contributed by atoms with E-state index < -0.39 is 10.0 Å². The third-order valence-corrected chi connectivity index (χ3v) is 5.96. The van der Waals surface area contributed by atoms with Crippen LogP contribution in [0, 0.1) is 5.92 Å². The van der Waals surface area contributed by atoms with Crippen LogP contribution in [0.3, 0.4) is 0 Å². The highest BCUT2D eigenvalue weighted by atomic mass is 35.5. The van der Waals surface area contributed by atoms with Gasteiger partial charge in [-0.25, -0.2) is 12.7 Å². The van der Waals surface area contributed by atoms with Crippen molar-refractivity contribution in [2.75, 3.05) is 20.1 Å². The van der Waals surface area contributed by atoms with E-state index in [9.17, 15) is 8.42 Å². The lowest BCUT2D eigenvalue weighted by Crippen LogP contribution is -2.29. The van der Waals surface area contributed by atoms with E-state index in [1.54, 1.807) is 19.2 Å². The molecule has 0 atom stereocenters. The molecule has 0 aromatic heterocycles. The van der Waals surface area contributed by atoms with Crippen molar-refractivity contribution in [2.24, 2.45) is 5.92 Å². The van der Waals surface area contributed by atoms with Crippen molar-refractivity contribution in [3.63, 3.8) is 0 Å². The molecule has 0 unspecified atom stereocenters. The molecule has 1 aromatic rings. The fourth-order valence-electron chi connectivity index (χ4n) is 2.19. The van der Waals surface area contributed by atoms with E-state index >= 15 is 0 Å². The topological polar surface area (TPSA) is 49.4 Å². The average molecular weight is 331 g/mol. The Hall–Kier alpha value is -0.620. The van der Waals surface area contributed by atoms with Crippen LogP contribution in [-0.4, -0.2) is 32.9 Å². The summed E-state index contributed by atoms with van der Waals surface area (Å²) in [6.07, 6.45) is 3.28. The summed E-state index contributed by atoms with van der Waals surface area (Å²) < 4.78 is 26.7. The molecule has 1 N–H and O–H groups in total. The molecular weight excluding hydrogens is 308 g/mol. The summed E-state index contributed by atoms with van der Waals surface area (Å²) in [5, 5.41) is 3.56. The molecular formula is C15H23ClN2O2S. The molecule has 0 radical (unpaired) electrons. The predicted molar refractivity (Wildman–Crippen MR) is 86.0 cm³/mol. The van der Waals surface area contributed by atoms with Gasteiger partial charge in [-0.15, -0.1) is 0 Å². The van der Waals surface area contributed by atoms with Crippen molar-refractivity contribution in [3.05, 3.63) is 28.8 Å². The summed E-state index contributed by atoms with van der Waals surface area (Å²) in [4.78, 5) is 0.211.